The van der Waals surface area contributed by atoms with Gasteiger partial charge in [0, 0.05) is 0 Å². The Labute approximate surface area is 156 Å². The van der Waals surface area contributed by atoms with Crippen molar-refractivity contribution in [3.05, 3.63) is 0 Å². The maximum absolute atomic E-state index is 8.26. The van der Waals surface area contributed by atoms with Crippen LogP contribution in [0.3, 0.4) is 0 Å². The van der Waals surface area contributed by atoms with Crippen molar-refractivity contribution in [2.24, 2.45) is 0 Å². The van der Waals surface area contributed by atoms with Crippen molar-refractivity contribution in [3.63, 3.8) is 0 Å². The van der Waals surface area contributed by atoms with Gasteiger partial charge in [0.2, 0.25) is 0 Å². The second-order valence-corrected chi connectivity index (χ2v) is 6.15. The van der Waals surface area contributed by atoms with E-state index in [2.05, 4.69) is 27.7 Å². The zero-order valence-corrected chi connectivity index (χ0v) is 17.2. The highest BCUT2D eigenvalue weighted by molar-refractivity contribution is 4.62. The summed E-state index contributed by atoms with van der Waals surface area (Å²) >= 11 is 0. The van der Waals surface area contributed by atoms with Crippen molar-refractivity contribution in [2.75, 3.05) is 39.6 Å². The molecule has 0 aromatic carbocycles. The molecule has 0 aliphatic carbocycles. The van der Waals surface area contributed by atoms with Crippen molar-refractivity contribution in [1.29, 1.82) is 0 Å². The molecule has 0 aromatic rings. The number of aliphatic hydroxyl groups is 2. The Morgan fingerprint density at radius 3 is 1.32 bits per heavy atom. The van der Waals surface area contributed by atoms with Crippen LogP contribution in [0.4, 0.5) is 0 Å². The zero-order valence-electron chi connectivity index (χ0n) is 17.2. The molecule has 0 aromatic heterocycles. The number of ether oxygens (including phenoxy) is 3. The first kappa shape index (κ1) is 27.0. The van der Waals surface area contributed by atoms with E-state index in [-0.39, 0.29) is 13.2 Å². The monoisotopic (exact) mass is 364 g/mol. The van der Waals surface area contributed by atoms with Crippen LogP contribution in [0.5, 0.6) is 0 Å². The standard InChI is InChI=1S/C14H30O.C6H14O4/c1-5-9-11-13(7-3)15-14(8-4)12-10-6-2;7-1-3-9-5-6-10-4-2-8/h13-14H,5-12H2,1-4H3;7-8H,1-6H2. The van der Waals surface area contributed by atoms with Crippen molar-refractivity contribution in [1.82, 2.24) is 0 Å². The lowest BCUT2D eigenvalue weighted by molar-refractivity contribution is -0.0253. The van der Waals surface area contributed by atoms with E-state index in [4.69, 9.17) is 24.4 Å². The van der Waals surface area contributed by atoms with E-state index in [1.165, 1.54) is 51.4 Å². The lowest BCUT2D eigenvalue weighted by Crippen LogP contribution is -2.21. The predicted molar refractivity (Wildman–Crippen MR) is 104 cm³/mol. The molecule has 25 heavy (non-hydrogen) atoms. The summed E-state index contributed by atoms with van der Waals surface area (Å²) in [5, 5.41) is 16.5. The lowest BCUT2D eigenvalue weighted by Gasteiger charge is -2.23. The molecular formula is C20H44O5. The molecule has 154 valence electrons. The van der Waals surface area contributed by atoms with Crippen LogP contribution in [0.25, 0.3) is 0 Å². The molecule has 0 aliphatic rings. The molecule has 0 aliphatic heterocycles. The number of unbranched alkanes of at least 4 members (excludes halogenated alkanes) is 2. The fraction of sp³-hybridized carbons (Fsp3) is 1.00. The van der Waals surface area contributed by atoms with Crippen LogP contribution in [0.1, 0.15) is 79.1 Å². The minimum atomic E-state index is 0.0417. The minimum Gasteiger partial charge on any atom is -0.394 e. The summed E-state index contributed by atoms with van der Waals surface area (Å²) in [4.78, 5) is 0. The van der Waals surface area contributed by atoms with Gasteiger partial charge in [0.25, 0.3) is 0 Å². The van der Waals surface area contributed by atoms with Gasteiger partial charge in [-0.1, -0.05) is 53.4 Å². The van der Waals surface area contributed by atoms with Crippen molar-refractivity contribution in [2.45, 2.75) is 91.3 Å². The molecule has 0 amide bonds. The van der Waals surface area contributed by atoms with E-state index in [1.807, 2.05) is 0 Å². The third-order valence-electron chi connectivity index (χ3n) is 3.90. The fourth-order valence-corrected chi connectivity index (χ4v) is 2.32. The second-order valence-electron chi connectivity index (χ2n) is 6.15. The molecular weight excluding hydrogens is 320 g/mol. The van der Waals surface area contributed by atoms with E-state index in [9.17, 15) is 0 Å². The van der Waals surface area contributed by atoms with Gasteiger partial charge in [0.1, 0.15) is 0 Å². The van der Waals surface area contributed by atoms with Gasteiger partial charge in [-0.2, -0.15) is 0 Å². The summed E-state index contributed by atoms with van der Waals surface area (Å²) in [7, 11) is 0. The van der Waals surface area contributed by atoms with Gasteiger partial charge in [0.05, 0.1) is 51.8 Å². The van der Waals surface area contributed by atoms with Gasteiger partial charge in [-0.15, -0.1) is 0 Å². The molecule has 0 saturated carbocycles. The average Bonchev–Trinajstić information content (AvgIpc) is 2.64. The lowest BCUT2D eigenvalue weighted by atomic mass is 10.1. The zero-order chi connectivity index (χ0) is 19.2. The molecule has 0 spiro atoms. The summed E-state index contributed by atoms with van der Waals surface area (Å²) in [6.07, 6.45) is 11.0. The summed E-state index contributed by atoms with van der Waals surface area (Å²) in [6, 6.07) is 0. The molecule has 0 saturated heterocycles. The topological polar surface area (TPSA) is 68.2 Å². The first-order valence-corrected chi connectivity index (χ1v) is 10.2. The first-order chi connectivity index (χ1) is 12.2. The van der Waals surface area contributed by atoms with E-state index in [0.29, 0.717) is 38.6 Å². The number of aliphatic hydroxyl groups excluding tert-OH is 2. The maximum atomic E-state index is 8.26. The van der Waals surface area contributed by atoms with Crippen LogP contribution in [0, 0.1) is 0 Å². The SMILES string of the molecule is CCCCC(CC)OC(CC)CCCC.OCCOCCOCCO. The van der Waals surface area contributed by atoms with E-state index in [1.54, 1.807) is 0 Å². The molecule has 0 radical (unpaired) electrons. The highest BCUT2D eigenvalue weighted by Gasteiger charge is 2.12. The normalized spacial score (nSPS) is 13.2. The third kappa shape index (κ3) is 21.8. The molecule has 2 atom stereocenters. The van der Waals surface area contributed by atoms with Crippen LogP contribution in [0.15, 0.2) is 0 Å². The smallest absolute Gasteiger partial charge is 0.0701 e. The molecule has 0 rings (SSSR count). The highest BCUT2D eigenvalue weighted by atomic mass is 16.5. The van der Waals surface area contributed by atoms with Crippen LogP contribution >= 0.6 is 0 Å². The largest absolute Gasteiger partial charge is 0.394 e. The predicted octanol–water partition coefficient (Wildman–Crippen LogP) is 3.94. The van der Waals surface area contributed by atoms with E-state index < -0.39 is 0 Å². The third-order valence-corrected chi connectivity index (χ3v) is 3.90. The van der Waals surface area contributed by atoms with Gasteiger partial charge in [-0.25, -0.2) is 0 Å². The van der Waals surface area contributed by atoms with Crippen molar-refractivity contribution >= 4 is 0 Å². The Bertz CT molecular complexity index is 204. The average molecular weight is 365 g/mol. The van der Waals surface area contributed by atoms with E-state index in [0.717, 1.165) is 0 Å². The summed E-state index contributed by atoms with van der Waals surface area (Å²) in [5.74, 6) is 0. The number of hydrogen-bond acceptors (Lipinski definition) is 5. The molecule has 0 heterocycles. The van der Waals surface area contributed by atoms with Crippen LogP contribution in [-0.4, -0.2) is 62.1 Å². The van der Waals surface area contributed by atoms with Gasteiger partial charge < -0.3 is 24.4 Å². The Kier molecular flexibility index (Phi) is 25.7. The van der Waals surface area contributed by atoms with Crippen molar-refractivity contribution in [3.8, 4) is 0 Å². The van der Waals surface area contributed by atoms with Gasteiger partial charge in [-0.05, 0) is 25.7 Å². The first-order valence-electron chi connectivity index (χ1n) is 10.2. The summed E-state index contributed by atoms with van der Waals surface area (Å²) in [5.41, 5.74) is 0. The molecule has 2 N–H and O–H groups in total. The molecule has 2 unspecified atom stereocenters. The second kappa shape index (κ2) is 23.8. The van der Waals surface area contributed by atoms with Gasteiger partial charge in [-0.3, -0.25) is 0 Å². The van der Waals surface area contributed by atoms with E-state index >= 15 is 0 Å². The van der Waals surface area contributed by atoms with Crippen LogP contribution < -0.4 is 0 Å². The molecule has 5 nitrogen and oxygen atoms in total. The Morgan fingerprint density at radius 2 is 1.04 bits per heavy atom. The molecule has 0 fully saturated rings. The Morgan fingerprint density at radius 1 is 0.640 bits per heavy atom. The van der Waals surface area contributed by atoms with Gasteiger partial charge in [0.15, 0.2) is 0 Å². The number of hydrogen-bond donors (Lipinski definition) is 2. The Hall–Kier alpha value is -0.200. The maximum Gasteiger partial charge on any atom is 0.0701 e. The summed E-state index contributed by atoms with van der Waals surface area (Å²) < 4.78 is 15.9. The number of rotatable bonds is 17. The van der Waals surface area contributed by atoms with Crippen LogP contribution in [-0.2, 0) is 14.2 Å². The highest BCUT2D eigenvalue weighted by Crippen LogP contribution is 2.16. The molecule has 0 bridgehead atoms. The Balaban J connectivity index is 0. The van der Waals surface area contributed by atoms with Crippen molar-refractivity contribution < 1.29 is 24.4 Å². The minimum absolute atomic E-state index is 0.0417. The van der Waals surface area contributed by atoms with Gasteiger partial charge >= 0.3 is 0 Å². The molecule has 5 heteroatoms. The summed E-state index contributed by atoms with van der Waals surface area (Å²) in [6.45, 7) is 10.7. The fourth-order valence-electron chi connectivity index (χ4n) is 2.32. The van der Waals surface area contributed by atoms with Crippen LogP contribution in [0.2, 0.25) is 0 Å². The quantitative estimate of drug-likeness (QED) is 0.383.